The molecule has 0 saturated carbocycles. The predicted octanol–water partition coefficient (Wildman–Crippen LogP) is 3.06. The lowest BCUT2D eigenvalue weighted by Crippen LogP contribution is -2.28. The molecule has 0 unspecified atom stereocenters. The van der Waals surface area contributed by atoms with Crippen molar-refractivity contribution in [2.24, 2.45) is 0 Å². The molecule has 14 heavy (non-hydrogen) atoms. The highest BCUT2D eigenvalue weighted by atomic mass is 79.9. The van der Waals surface area contributed by atoms with Crippen LogP contribution in [0, 0.1) is 5.82 Å². The summed E-state index contributed by atoms with van der Waals surface area (Å²) in [5, 5.41) is 3.36. The maximum atomic E-state index is 12.9. The molecule has 3 heteroatoms. The fourth-order valence-electron chi connectivity index (χ4n) is 1.95. The monoisotopic (exact) mass is 257 g/mol. The summed E-state index contributed by atoms with van der Waals surface area (Å²) in [5.74, 6) is 0.350. The number of rotatable bonds is 1. The van der Waals surface area contributed by atoms with E-state index in [0.29, 0.717) is 5.92 Å². The van der Waals surface area contributed by atoms with Gasteiger partial charge in [0.2, 0.25) is 0 Å². The van der Waals surface area contributed by atoms with E-state index in [1.165, 1.54) is 24.5 Å². The van der Waals surface area contributed by atoms with Crippen LogP contribution in [0.3, 0.4) is 0 Å². The first kappa shape index (κ1) is 10.1. The van der Waals surface area contributed by atoms with E-state index in [4.69, 9.17) is 0 Å². The molecule has 1 N–H and O–H groups in total. The van der Waals surface area contributed by atoms with Gasteiger partial charge in [0, 0.05) is 11.0 Å². The normalized spacial score (nSPS) is 22.3. The third kappa shape index (κ3) is 2.15. The zero-order valence-corrected chi connectivity index (χ0v) is 9.48. The molecular weight excluding hydrogens is 245 g/mol. The van der Waals surface area contributed by atoms with Crippen molar-refractivity contribution in [1.29, 1.82) is 0 Å². The zero-order chi connectivity index (χ0) is 9.97. The highest BCUT2D eigenvalue weighted by Gasteiger charge is 2.17. The Bertz CT molecular complexity index is 321. The molecule has 1 heterocycles. The van der Waals surface area contributed by atoms with Crippen molar-refractivity contribution in [2.45, 2.75) is 18.8 Å². The molecule has 1 aromatic carbocycles. The van der Waals surface area contributed by atoms with Crippen LogP contribution in [-0.4, -0.2) is 13.1 Å². The molecule has 1 aliphatic rings. The van der Waals surface area contributed by atoms with E-state index in [2.05, 4.69) is 21.2 Å². The van der Waals surface area contributed by atoms with Crippen LogP contribution >= 0.6 is 15.9 Å². The smallest absolute Gasteiger partial charge is 0.124 e. The number of piperidine rings is 1. The van der Waals surface area contributed by atoms with Crippen molar-refractivity contribution in [2.75, 3.05) is 13.1 Å². The fraction of sp³-hybridized carbons (Fsp3) is 0.455. The first-order valence-electron chi connectivity index (χ1n) is 4.93. The summed E-state index contributed by atoms with van der Waals surface area (Å²) in [6.07, 6.45) is 2.39. The molecule has 1 nitrogen and oxygen atoms in total. The Morgan fingerprint density at radius 2 is 2.29 bits per heavy atom. The lowest BCUT2D eigenvalue weighted by molar-refractivity contribution is 0.460. The minimum absolute atomic E-state index is 0.176. The molecular formula is C11H13BrFN. The van der Waals surface area contributed by atoms with Gasteiger partial charge in [-0.1, -0.05) is 22.0 Å². The number of nitrogens with one attached hydrogen (secondary N) is 1. The van der Waals surface area contributed by atoms with Crippen LogP contribution in [-0.2, 0) is 0 Å². The van der Waals surface area contributed by atoms with Gasteiger partial charge in [-0.3, -0.25) is 0 Å². The Kier molecular flexibility index (Phi) is 3.19. The predicted molar refractivity (Wildman–Crippen MR) is 58.9 cm³/mol. The topological polar surface area (TPSA) is 12.0 Å². The lowest BCUT2D eigenvalue weighted by Gasteiger charge is -2.24. The molecule has 0 bridgehead atoms. The van der Waals surface area contributed by atoms with Crippen molar-refractivity contribution in [3.05, 3.63) is 34.1 Å². The maximum Gasteiger partial charge on any atom is 0.124 e. The van der Waals surface area contributed by atoms with Gasteiger partial charge in [0.05, 0.1) is 0 Å². The summed E-state index contributed by atoms with van der Waals surface area (Å²) in [6, 6.07) is 4.97. The molecule has 1 fully saturated rings. The van der Waals surface area contributed by atoms with Crippen molar-refractivity contribution in [3.63, 3.8) is 0 Å². The van der Waals surface area contributed by atoms with Gasteiger partial charge in [-0.25, -0.2) is 4.39 Å². The van der Waals surface area contributed by atoms with E-state index in [1.807, 2.05) is 6.07 Å². The second-order valence-corrected chi connectivity index (χ2v) is 4.56. The van der Waals surface area contributed by atoms with Gasteiger partial charge in [0.15, 0.2) is 0 Å². The molecule has 1 aromatic rings. The summed E-state index contributed by atoms with van der Waals surface area (Å²) in [5.41, 5.74) is 1.22. The number of benzene rings is 1. The zero-order valence-electron chi connectivity index (χ0n) is 7.89. The van der Waals surface area contributed by atoms with Gasteiger partial charge in [-0.05, 0) is 43.0 Å². The SMILES string of the molecule is Fc1ccc([C@@H]2CCCNC2)c(Br)c1. The summed E-state index contributed by atoms with van der Waals surface area (Å²) in [7, 11) is 0. The Morgan fingerprint density at radius 1 is 1.43 bits per heavy atom. The highest BCUT2D eigenvalue weighted by molar-refractivity contribution is 9.10. The molecule has 0 amide bonds. The third-order valence-electron chi connectivity index (χ3n) is 2.70. The minimum Gasteiger partial charge on any atom is -0.316 e. The maximum absolute atomic E-state index is 12.9. The highest BCUT2D eigenvalue weighted by Crippen LogP contribution is 2.29. The van der Waals surface area contributed by atoms with E-state index in [-0.39, 0.29) is 5.82 Å². The van der Waals surface area contributed by atoms with Crippen LogP contribution in [0.2, 0.25) is 0 Å². The van der Waals surface area contributed by atoms with Crippen LogP contribution in [0.25, 0.3) is 0 Å². The van der Waals surface area contributed by atoms with E-state index < -0.39 is 0 Å². The molecule has 0 aromatic heterocycles. The molecule has 0 aliphatic carbocycles. The minimum atomic E-state index is -0.176. The summed E-state index contributed by atoms with van der Waals surface area (Å²) in [6.45, 7) is 2.11. The molecule has 1 saturated heterocycles. The Labute approximate surface area is 91.8 Å². The Morgan fingerprint density at radius 3 is 2.93 bits per heavy atom. The second-order valence-electron chi connectivity index (χ2n) is 3.71. The molecule has 2 rings (SSSR count). The van der Waals surface area contributed by atoms with Crippen LogP contribution in [0.15, 0.2) is 22.7 Å². The van der Waals surface area contributed by atoms with Gasteiger partial charge >= 0.3 is 0 Å². The van der Waals surface area contributed by atoms with Crippen molar-refractivity contribution in [3.8, 4) is 0 Å². The largest absolute Gasteiger partial charge is 0.316 e. The van der Waals surface area contributed by atoms with Crippen LogP contribution < -0.4 is 5.32 Å². The summed E-state index contributed by atoms with van der Waals surface area (Å²) < 4.78 is 13.8. The van der Waals surface area contributed by atoms with Gasteiger partial charge in [0.1, 0.15) is 5.82 Å². The first-order chi connectivity index (χ1) is 6.77. The summed E-state index contributed by atoms with van der Waals surface area (Å²) in [4.78, 5) is 0. The van der Waals surface area contributed by atoms with E-state index in [1.54, 1.807) is 6.07 Å². The van der Waals surface area contributed by atoms with Crippen molar-refractivity contribution in [1.82, 2.24) is 5.32 Å². The number of hydrogen-bond donors (Lipinski definition) is 1. The van der Waals surface area contributed by atoms with Crippen molar-refractivity contribution < 1.29 is 4.39 Å². The third-order valence-corrected chi connectivity index (χ3v) is 3.39. The Balaban J connectivity index is 2.22. The Hall–Kier alpha value is -0.410. The van der Waals surface area contributed by atoms with E-state index >= 15 is 0 Å². The molecule has 0 radical (unpaired) electrons. The standard InChI is InChI=1S/C11H13BrFN/c12-11-6-9(13)3-4-10(11)8-2-1-5-14-7-8/h3-4,6,8,14H,1-2,5,7H2/t8-/m1/s1. The van der Waals surface area contributed by atoms with Crippen LogP contribution in [0.4, 0.5) is 4.39 Å². The number of hydrogen-bond acceptors (Lipinski definition) is 1. The molecule has 76 valence electrons. The van der Waals surface area contributed by atoms with E-state index in [0.717, 1.165) is 17.6 Å². The second kappa shape index (κ2) is 4.41. The fourth-order valence-corrected chi connectivity index (χ4v) is 2.62. The van der Waals surface area contributed by atoms with Crippen molar-refractivity contribution >= 4 is 15.9 Å². The quantitative estimate of drug-likeness (QED) is 0.816. The average molecular weight is 258 g/mol. The molecule has 1 atom stereocenters. The molecule has 0 spiro atoms. The van der Waals surface area contributed by atoms with Crippen LogP contribution in [0.5, 0.6) is 0 Å². The average Bonchev–Trinajstić information content (AvgIpc) is 2.19. The lowest BCUT2D eigenvalue weighted by atomic mass is 9.92. The van der Waals surface area contributed by atoms with Gasteiger partial charge in [-0.2, -0.15) is 0 Å². The van der Waals surface area contributed by atoms with Gasteiger partial charge in [-0.15, -0.1) is 0 Å². The van der Waals surface area contributed by atoms with Crippen LogP contribution in [0.1, 0.15) is 24.3 Å². The van der Waals surface area contributed by atoms with Gasteiger partial charge in [0.25, 0.3) is 0 Å². The van der Waals surface area contributed by atoms with E-state index in [9.17, 15) is 4.39 Å². The number of halogens is 2. The molecule has 1 aliphatic heterocycles. The van der Waals surface area contributed by atoms with Gasteiger partial charge < -0.3 is 5.32 Å². The summed E-state index contributed by atoms with van der Waals surface area (Å²) >= 11 is 3.41. The first-order valence-corrected chi connectivity index (χ1v) is 5.72.